The molecule has 0 aliphatic carbocycles. The minimum absolute atomic E-state index is 3.16. The van der Waals surface area contributed by atoms with Crippen LogP contribution in [0.5, 0.6) is 0 Å². The SMILES string of the molecule is O=[PH](O)O[SH](=O)=O. The highest BCUT2D eigenvalue weighted by Gasteiger charge is 1.87. The van der Waals surface area contributed by atoms with Crippen LogP contribution >= 0.6 is 8.25 Å². The van der Waals surface area contributed by atoms with Crippen molar-refractivity contribution in [2.24, 2.45) is 0 Å². The van der Waals surface area contributed by atoms with E-state index < -0.39 is 19.2 Å². The molecule has 0 aromatic rings. The lowest BCUT2D eigenvalue weighted by atomic mass is 15.8. The van der Waals surface area contributed by atoms with Crippen LogP contribution in [0.3, 0.4) is 0 Å². The Morgan fingerprint density at radius 2 is 2.00 bits per heavy atom. The van der Waals surface area contributed by atoms with Gasteiger partial charge in [-0.3, -0.25) is 4.57 Å². The zero-order valence-corrected chi connectivity index (χ0v) is 4.92. The van der Waals surface area contributed by atoms with E-state index in [2.05, 4.69) is 3.97 Å². The van der Waals surface area contributed by atoms with Crippen molar-refractivity contribution >= 4 is 19.2 Å². The topological polar surface area (TPSA) is 80.7 Å². The summed E-state index contributed by atoms with van der Waals surface area (Å²) in [6.07, 6.45) is 0. The average molecular weight is 146 g/mol. The number of rotatable bonds is 2. The molecule has 0 bridgehead atoms. The van der Waals surface area contributed by atoms with Crippen molar-refractivity contribution in [2.45, 2.75) is 0 Å². The van der Waals surface area contributed by atoms with Gasteiger partial charge in [0.15, 0.2) is 0 Å². The first-order chi connectivity index (χ1) is 3.13. The summed E-state index contributed by atoms with van der Waals surface area (Å²) in [4.78, 5) is 7.66. The Labute approximate surface area is 42.0 Å². The smallest absolute Gasteiger partial charge is 0.326 e. The van der Waals surface area contributed by atoms with Gasteiger partial charge in [-0.1, -0.05) is 0 Å². The largest absolute Gasteiger partial charge is 0.331 e. The van der Waals surface area contributed by atoms with Crippen LogP contribution in [0.25, 0.3) is 0 Å². The number of thiol groups is 1. The van der Waals surface area contributed by atoms with Gasteiger partial charge in [-0.15, -0.1) is 0 Å². The maximum atomic E-state index is 9.39. The van der Waals surface area contributed by atoms with E-state index in [-0.39, 0.29) is 0 Å². The van der Waals surface area contributed by atoms with Gasteiger partial charge in [-0.25, -0.2) is 8.42 Å². The van der Waals surface area contributed by atoms with Gasteiger partial charge in [0.1, 0.15) is 0 Å². The zero-order valence-electron chi connectivity index (χ0n) is 3.03. The first-order valence-electron chi connectivity index (χ1n) is 1.18. The minimum Gasteiger partial charge on any atom is -0.326 e. The van der Waals surface area contributed by atoms with Crippen molar-refractivity contribution in [2.75, 3.05) is 0 Å². The van der Waals surface area contributed by atoms with Crippen LogP contribution in [0.15, 0.2) is 0 Å². The lowest BCUT2D eigenvalue weighted by Crippen LogP contribution is -1.72. The molecular weight excluding hydrogens is 143 g/mol. The summed E-state index contributed by atoms with van der Waals surface area (Å²) in [6, 6.07) is 0. The van der Waals surface area contributed by atoms with E-state index in [0.29, 0.717) is 0 Å². The van der Waals surface area contributed by atoms with Crippen molar-refractivity contribution in [1.29, 1.82) is 0 Å². The molecule has 7 heavy (non-hydrogen) atoms. The Bertz CT molecular complexity index is 125. The lowest BCUT2D eigenvalue weighted by molar-refractivity contribution is 0.413. The van der Waals surface area contributed by atoms with Gasteiger partial charge >= 0.3 is 8.25 Å². The van der Waals surface area contributed by atoms with E-state index in [4.69, 9.17) is 4.89 Å². The van der Waals surface area contributed by atoms with E-state index in [0.717, 1.165) is 0 Å². The highest BCUT2D eigenvalue weighted by molar-refractivity contribution is 7.71. The lowest BCUT2D eigenvalue weighted by Gasteiger charge is -1.79. The molecule has 0 rings (SSSR count). The molecule has 0 saturated carbocycles. The first-order valence-corrected chi connectivity index (χ1v) is 3.54. The molecule has 0 amide bonds. The van der Waals surface area contributed by atoms with Crippen molar-refractivity contribution < 1.29 is 21.8 Å². The highest BCUT2D eigenvalue weighted by atomic mass is 32.2. The fraction of sp³-hybridized carbons (Fsp3) is 0. The van der Waals surface area contributed by atoms with Crippen LogP contribution < -0.4 is 0 Å². The molecule has 0 heterocycles. The average Bonchev–Trinajstić information content (AvgIpc) is 1.27. The minimum atomic E-state index is -3.28. The van der Waals surface area contributed by atoms with E-state index in [1.165, 1.54) is 0 Å². The van der Waals surface area contributed by atoms with Crippen molar-refractivity contribution in [3.8, 4) is 0 Å². The molecule has 44 valence electrons. The Balaban J connectivity index is 3.53. The van der Waals surface area contributed by atoms with Gasteiger partial charge in [0.25, 0.3) is 11.0 Å². The fourth-order valence-electron chi connectivity index (χ4n) is 0.0638. The molecule has 0 aliphatic rings. The van der Waals surface area contributed by atoms with Gasteiger partial charge in [0.05, 0.1) is 0 Å². The van der Waals surface area contributed by atoms with Crippen LogP contribution in [0.4, 0.5) is 0 Å². The molecule has 1 atom stereocenters. The summed E-state index contributed by atoms with van der Waals surface area (Å²) < 4.78 is 31.3. The summed E-state index contributed by atoms with van der Waals surface area (Å²) in [5.74, 6) is 0. The third-order valence-electron chi connectivity index (χ3n) is 0.153. The molecule has 0 aromatic heterocycles. The Morgan fingerprint density at radius 1 is 1.57 bits per heavy atom. The van der Waals surface area contributed by atoms with Gasteiger partial charge < -0.3 is 4.89 Å². The Kier molecular flexibility index (Phi) is 3.19. The van der Waals surface area contributed by atoms with Gasteiger partial charge in [0, 0.05) is 0 Å². The molecule has 0 radical (unpaired) electrons. The predicted molar refractivity (Wildman–Crippen MR) is 22.6 cm³/mol. The maximum Gasteiger partial charge on any atom is 0.331 e. The van der Waals surface area contributed by atoms with E-state index >= 15 is 0 Å². The molecule has 5 nitrogen and oxygen atoms in total. The van der Waals surface area contributed by atoms with Crippen molar-refractivity contribution in [1.82, 2.24) is 0 Å². The fourth-order valence-corrected chi connectivity index (χ4v) is 0.574. The first kappa shape index (κ1) is 7.10. The van der Waals surface area contributed by atoms with Gasteiger partial charge in [-0.2, -0.15) is 3.97 Å². The summed E-state index contributed by atoms with van der Waals surface area (Å²) in [5, 5.41) is 0. The highest BCUT2D eigenvalue weighted by Crippen LogP contribution is 2.12. The monoisotopic (exact) mass is 146 g/mol. The molecule has 1 unspecified atom stereocenters. The maximum absolute atomic E-state index is 9.39. The normalized spacial score (nSPS) is 14.6. The molecule has 1 N–H and O–H groups in total. The molecule has 0 aromatic carbocycles. The number of hydrogen-bond donors (Lipinski definition) is 2. The predicted octanol–water partition coefficient (Wildman–Crippen LogP) is -1.09. The molecule has 0 aliphatic heterocycles. The standard InChI is InChI=1S/H3O5PS/c1-6(2)5-7(3)4/h6-7H,(H,1,2). The zero-order chi connectivity index (χ0) is 5.86. The van der Waals surface area contributed by atoms with Gasteiger partial charge in [-0.05, 0) is 0 Å². The summed E-state index contributed by atoms with van der Waals surface area (Å²) in [5.41, 5.74) is 0. The molecule has 0 saturated heterocycles. The van der Waals surface area contributed by atoms with Gasteiger partial charge in [0.2, 0.25) is 0 Å². The van der Waals surface area contributed by atoms with Crippen LogP contribution in [-0.4, -0.2) is 13.3 Å². The Morgan fingerprint density at radius 3 is 2.00 bits per heavy atom. The molecular formula is H3O5PS. The third kappa shape index (κ3) is 6.10. The second-order valence-electron chi connectivity index (χ2n) is 0.581. The van der Waals surface area contributed by atoms with Crippen molar-refractivity contribution in [3.05, 3.63) is 0 Å². The molecule has 7 heteroatoms. The summed E-state index contributed by atoms with van der Waals surface area (Å²) in [7, 11) is -6.44. The summed E-state index contributed by atoms with van der Waals surface area (Å²) in [6.45, 7) is 0. The van der Waals surface area contributed by atoms with Crippen LogP contribution in [-0.2, 0) is 19.5 Å². The van der Waals surface area contributed by atoms with Crippen LogP contribution in [0.2, 0.25) is 0 Å². The second-order valence-corrected chi connectivity index (χ2v) is 2.29. The number of hydrogen-bond acceptors (Lipinski definition) is 4. The second kappa shape index (κ2) is 3.15. The van der Waals surface area contributed by atoms with E-state index in [1.54, 1.807) is 0 Å². The summed E-state index contributed by atoms with van der Waals surface area (Å²) >= 11 is 0. The van der Waals surface area contributed by atoms with Crippen molar-refractivity contribution in [3.63, 3.8) is 0 Å². The quantitative estimate of drug-likeness (QED) is 0.382. The Hall–Kier alpha value is 0.1000. The van der Waals surface area contributed by atoms with E-state index in [9.17, 15) is 13.0 Å². The van der Waals surface area contributed by atoms with E-state index in [1.807, 2.05) is 0 Å². The van der Waals surface area contributed by atoms with Crippen LogP contribution in [0, 0.1) is 0 Å². The van der Waals surface area contributed by atoms with Crippen LogP contribution in [0.1, 0.15) is 0 Å². The molecule has 0 spiro atoms. The molecule has 0 fully saturated rings. The third-order valence-corrected chi connectivity index (χ3v) is 1.37.